The van der Waals surface area contributed by atoms with E-state index in [9.17, 15) is 0 Å². The van der Waals surface area contributed by atoms with Crippen LogP contribution >= 0.6 is 7.82 Å². The van der Waals surface area contributed by atoms with Gasteiger partial charge in [0.1, 0.15) is 0 Å². The number of nitrogen functional groups attached to an aromatic ring is 1. The fourth-order valence-electron chi connectivity index (χ4n) is 0.400. The molecule has 1 aromatic rings. The minimum Gasteiger partial charge on any atom is -0.822 e. The van der Waals surface area contributed by atoms with Crippen LogP contribution in [0.5, 0.6) is 0 Å². The van der Waals surface area contributed by atoms with Crippen LogP contribution in [0.1, 0.15) is 0 Å². The first-order chi connectivity index (χ1) is 5.39. The van der Waals surface area contributed by atoms with E-state index < -0.39 is 7.82 Å². The Morgan fingerprint density at radius 3 is 1.69 bits per heavy atom. The first-order valence-electron chi connectivity index (χ1n) is 2.84. The summed E-state index contributed by atoms with van der Waals surface area (Å²) in [6.07, 6.45) is 0. The Bertz CT molecular complexity index is 254. The molecule has 0 saturated heterocycles. The second kappa shape index (κ2) is 7.87. The molecule has 0 aromatic heterocycles. The molecule has 5 nitrogen and oxygen atoms in total. The summed E-state index contributed by atoms with van der Waals surface area (Å²) in [4.78, 5) is 25.6. The van der Waals surface area contributed by atoms with Gasteiger partial charge in [0.25, 0.3) is 0 Å². The van der Waals surface area contributed by atoms with Gasteiger partial charge in [-0.1, -0.05) is 5.69 Å². The van der Waals surface area contributed by atoms with Crippen molar-refractivity contribution in [2.45, 2.75) is 0 Å². The van der Waals surface area contributed by atoms with Crippen LogP contribution in [0.4, 0.5) is 5.69 Å². The van der Waals surface area contributed by atoms with Crippen LogP contribution in [0.3, 0.4) is 0 Å². The maximum absolute atomic E-state index is 8.55. The van der Waals surface area contributed by atoms with Crippen molar-refractivity contribution in [3.05, 3.63) is 30.3 Å². The van der Waals surface area contributed by atoms with Gasteiger partial charge in [0, 0.05) is 0 Å². The summed E-state index contributed by atoms with van der Waals surface area (Å²) >= 11 is 0. The van der Waals surface area contributed by atoms with Crippen LogP contribution in [0.15, 0.2) is 24.3 Å². The first kappa shape index (κ1) is 16.0. The molecule has 7 heteroatoms. The summed E-state index contributed by atoms with van der Waals surface area (Å²) in [6, 6.07) is 10.0. The third kappa shape index (κ3) is 19.1. The van der Waals surface area contributed by atoms with Gasteiger partial charge in [-0.15, -0.1) is 12.1 Å². The zero-order chi connectivity index (χ0) is 9.61. The van der Waals surface area contributed by atoms with Crippen molar-refractivity contribution < 1.29 is 61.0 Å². The maximum Gasteiger partial charge on any atom is 4.00 e. The molecule has 0 bridgehead atoms. The van der Waals surface area contributed by atoms with Gasteiger partial charge in [0.2, 0.25) is 0 Å². The molecule has 0 heterocycles. The molecule has 2 N–H and O–H groups in total. The van der Waals surface area contributed by atoms with Gasteiger partial charge in [-0.25, -0.2) is 0 Å². The van der Waals surface area contributed by atoms with E-state index in [0.717, 1.165) is 5.69 Å². The summed E-state index contributed by atoms with van der Waals surface area (Å²) in [6.45, 7) is 0. The maximum atomic E-state index is 8.55. The Hall–Kier alpha value is 0.507. The normalized spacial score (nSPS) is 9.15. The number of hydrogen-bond acceptors (Lipinski definition) is 5. The molecule has 0 aliphatic rings. The zero-order valence-electron chi connectivity index (χ0n) is 6.47. The minimum atomic E-state index is -5.39. The number of rotatable bonds is 0. The van der Waals surface area contributed by atoms with E-state index in [1.165, 1.54) is 0 Å². The standard InChI is InChI=1S/C6H6N.Ce.H3O4P/c7-6-4-2-1-3-5-6;;1-5(2,3)4/h2-5H,7H2;;(H3,1,2,3,4)/q-1;+4;/p-3. The quantitative estimate of drug-likeness (QED) is 0.345. The number of hydrogen-bond donors (Lipinski definition) is 1. The van der Waals surface area contributed by atoms with Gasteiger partial charge in [-0.2, -0.15) is 26.0 Å². The fourth-order valence-corrected chi connectivity index (χ4v) is 0.400. The molecule has 68 valence electrons. The third-order valence-corrected chi connectivity index (χ3v) is 0.744. The molecule has 0 unspecified atom stereocenters. The summed E-state index contributed by atoms with van der Waals surface area (Å²) in [7, 11) is -5.39. The third-order valence-electron chi connectivity index (χ3n) is 0.744. The summed E-state index contributed by atoms with van der Waals surface area (Å²) in [5, 5.41) is 0. The molecule has 13 heavy (non-hydrogen) atoms. The van der Waals surface area contributed by atoms with Crippen molar-refractivity contribution in [1.29, 1.82) is 0 Å². The van der Waals surface area contributed by atoms with E-state index >= 15 is 0 Å². The molecule has 0 amide bonds. The Kier molecular flexibility index (Phi) is 9.66. The molecule has 1 rings (SSSR count). The monoisotopic (exact) mass is 327 g/mol. The zero-order valence-corrected chi connectivity index (χ0v) is 10.5. The van der Waals surface area contributed by atoms with Gasteiger partial charge < -0.3 is 25.0 Å². The van der Waals surface area contributed by atoms with Crippen LogP contribution in [0, 0.1) is 47.8 Å². The first-order valence-corrected chi connectivity index (χ1v) is 4.30. The van der Waals surface area contributed by atoms with Crippen LogP contribution in [0.25, 0.3) is 0 Å². The van der Waals surface area contributed by atoms with Crippen LogP contribution in [-0.4, -0.2) is 0 Å². The molecule has 0 aliphatic heterocycles. The Morgan fingerprint density at radius 2 is 1.54 bits per heavy atom. The van der Waals surface area contributed by atoms with Gasteiger partial charge in [0.15, 0.2) is 0 Å². The van der Waals surface area contributed by atoms with Crippen molar-refractivity contribution in [3.8, 4) is 0 Å². The fraction of sp³-hybridized carbons (Fsp3) is 0. The predicted octanol–water partition coefficient (Wildman–Crippen LogP) is -1.76. The predicted molar refractivity (Wildman–Crippen MR) is 37.3 cm³/mol. The van der Waals surface area contributed by atoms with Crippen LogP contribution in [-0.2, 0) is 4.57 Å². The molecular formula is C6H6CeNO4P. The van der Waals surface area contributed by atoms with Crippen molar-refractivity contribution >= 4 is 13.5 Å². The molecule has 0 saturated carbocycles. The van der Waals surface area contributed by atoms with E-state index in [2.05, 4.69) is 6.07 Å². The van der Waals surface area contributed by atoms with Gasteiger partial charge in [-0.05, 0) is 0 Å². The van der Waals surface area contributed by atoms with Gasteiger partial charge in [-0.3, -0.25) is 0 Å². The molecule has 0 aliphatic carbocycles. The van der Waals surface area contributed by atoms with Gasteiger partial charge >= 0.3 is 41.7 Å². The molecule has 1 aromatic carbocycles. The second-order valence-corrected chi connectivity index (χ2v) is 2.67. The SMILES string of the molecule is Nc1cc[c-]cc1.O=P([O-])([O-])[O-].[Ce+4]. The van der Waals surface area contributed by atoms with Crippen molar-refractivity contribution in [3.63, 3.8) is 0 Å². The minimum absolute atomic E-state index is 0. The molecule has 0 spiro atoms. The van der Waals surface area contributed by atoms with E-state index in [-0.39, 0.29) is 41.7 Å². The van der Waals surface area contributed by atoms with Gasteiger partial charge in [0.05, 0.1) is 0 Å². The summed E-state index contributed by atoms with van der Waals surface area (Å²) in [5.41, 5.74) is 6.13. The van der Waals surface area contributed by atoms with Crippen LogP contribution in [0.2, 0.25) is 0 Å². The van der Waals surface area contributed by atoms with Crippen molar-refractivity contribution in [2.24, 2.45) is 0 Å². The summed E-state index contributed by atoms with van der Waals surface area (Å²) < 4.78 is 8.55. The second-order valence-electron chi connectivity index (χ2n) is 1.78. The summed E-state index contributed by atoms with van der Waals surface area (Å²) in [5.74, 6) is 0. The molecular weight excluding hydrogens is 321 g/mol. The molecule has 0 atom stereocenters. The van der Waals surface area contributed by atoms with Crippen molar-refractivity contribution in [1.82, 2.24) is 0 Å². The smallest absolute Gasteiger partial charge is 0.822 e. The Morgan fingerprint density at radius 1 is 1.23 bits per heavy atom. The van der Waals surface area contributed by atoms with E-state index in [1.54, 1.807) is 24.3 Å². The Labute approximate surface area is 110 Å². The molecule has 0 radical (unpaired) electrons. The number of phosphoric acid groups is 1. The van der Waals surface area contributed by atoms with Crippen molar-refractivity contribution in [2.75, 3.05) is 5.73 Å². The molecule has 0 fully saturated rings. The van der Waals surface area contributed by atoms with E-state index in [1.807, 2.05) is 0 Å². The number of anilines is 1. The largest absolute Gasteiger partial charge is 4.00 e. The topological polar surface area (TPSA) is 112 Å². The number of benzene rings is 1. The Balaban J connectivity index is 0. The average molecular weight is 327 g/mol. The van der Waals surface area contributed by atoms with E-state index in [4.69, 9.17) is 25.0 Å². The number of nitrogens with two attached hydrogens (primary N) is 1. The van der Waals surface area contributed by atoms with E-state index in [0.29, 0.717) is 0 Å². The average Bonchev–Trinajstić information content (AvgIpc) is 1.85. The van der Waals surface area contributed by atoms with Crippen LogP contribution < -0.4 is 20.4 Å².